The van der Waals surface area contributed by atoms with E-state index in [9.17, 15) is 13.2 Å². The second-order valence-corrected chi connectivity index (χ2v) is 10.9. The first-order valence-corrected chi connectivity index (χ1v) is 12.9. The van der Waals surface area contributed by atoms with E-state index in [2.05, 4.69) is 15.3 Å². The summed E-state index contributed by atoms with van der Waals surface area (Å²) in [6.07, 6.45) is 0.704. The highest BCUT2D eigenvalue weighted by atomic mass is 32.1. The average Bonchev–Trinajstić information content (AvgIpc) is 3.48. The molecule has 180 valence electrons. The van der Waals surface area contributed by atoms with Gasteiger partial charge in [-0.3, -0.25) is 0 Å². The maximum Gasteiger partial charge on any atom is 0.416 e. The largest absolute Gasteiger partial charge is 0.416 e. The van der Waals surface area contributed by atoms with E-state index in [1.807, 2.05) is 11.6 Å². The van der Waals surface area contributed by atoms with Gasteiger partial charge >= 0.3 is 6.18 Å². The van der Waals surface area contributed by atoms with Crippen LogP contribution in [-0.2, 0) is 19.1 Å². The molecule has 0 radical (unpaired) electrons. The lowest BCUT2D eigenvalue weighted by molar-refractivity contribution is -0.137. The minimum atomic E-state index is -4.34. The molecular formula is C25H28F3N5S. The summed E-state index contributed by atoms with van der Waals surface area (Å²) in [6.45, 7) is 4.94. The predicted octanol–water partition coefficient (Wildman–Crippen LogP) is 5.69. The van der Waals surface area contributed by atoms with E-state index in [1.54, 1.807) is 17.6 Å². The maximum absolute atomic E-state index is 13.3. The third-order valence-electron chi connectivity index (χ3n) is 7.91. The third-order valence-corrected chi connectivity index (χ3v) is 8.85. The normalized spacial score (nSPS) is 26.6. The number of rotatable bonds is 4. The van der Waals surface area contributed by atoms with E-state index in [0.29, 0.717) is 23.3 Å². The molecule has 1 saturated heterocycles. The van der Waals surface area contributed by atoms with Gasteiger partial charge < -0.3 is 4.90 Å². The molecule has 2 fully saturated rings. The molecule has 5 nitrogen and oxygen atoms in total. The zero-order valence-corrected chi connectivity index (χ0v) is 19.9. The Bertz CT molecular complexity index is 1170. The van der Waals surface area contributed by atoms with Gasteiger partial charge in [0.05, 0.1) is 11.3 Å². The Labute approximate surface area is 201 Å². The van der Waals surface area contributed by atoms with Crippen molar-refractivity contribution in [3.05, 3.63) is 58.8 Å². The molecule has 1 aromatic carbocycles. The first-order chi connectivity index (χ1) is 16.3. The number of aryl methyl sites for hydroxylation is 2. The Morgan fingerprint density at radius 1 is 1.09 bits per heavy atom. The zero-order chi connectivity index (χ0) is 23.4. The summed E-state index contributed by atoms with van der Waals surface area (Å²) in [6, 6.07) is 7.90. The molecule has 2 unspecified atom stereocenters. The van der Waals surface area contributed by atoms with Crippen LogP contribution in [0.25, 0.3) is 0 Å². The predicted molar refractivity (Wildman–Crippen MR) is 125 cm³/mol. The summed E-state index contributed by atoms with van der Waals surface area (Å²) in [4.78, 5) is 7.42. The minimum Gasteiger partial charge on any atom is -0.362 e. The van der Waals surface area contributed by atoms with E-state index in [-0.39, 0.29) is 5.92 Å². The summed E-state index contributed by atoms with van der Waals surface area (Å²) in [5.74, 6) is 3.37. The first kappa shape index (κ1) is 22.1. The van der Waals surface area contributed by atoms with Crippen LogP contribution in [0, 0.1) is 24.7 Å². The molecular weight excluding hydrogens is 459 g/mol. The number of halogens is 3. The van der Waals surface area contributed by atoms with Gasteiger partial charge in [-0.15, -0.1) is 0 Å². The van der Waals surface area contributed by atoms with Crippen molar-refractivity contribution in [1.29, 1.82) is 0 Å². The number of anilines is 1. The van der Waals surface area contributed by atoms with Gasteiger partial charge in [0.15, 0.2) is 5.82 Å². The van der Waals surface area contributed by atoms with Crippen LogP contribution in [0.3, 0.4) is 0 Å². The second-order valence-electron chi connectivity index (χ2n) is 10.1. The maximum atomic E-state index is 13.3. The molecule has 0 spiro atoms. The van der Waals surface area contributed by atoms with Crippen molar-refractivity contribution in [2.24, 2.45) is 17.8 Å². The van der Waals surface area contributed by atoms with Gasteiger partial charge in [0.25, 0.3) is 0 Å². The van der Waals surface area contributed by atoms with Crippen molar-refractivity contribution in [3.8, 4) is 0 Å². The monoisotopic (exact) mass is 487 g/mol. The van der Waals surface area contributed by atoms with Crippen LogP contribution in [0.4, 0.5) is 18.2 Å². The molecule has 0 amide bonds. The summed E-state index contributed by atoms with van der Waals surface area (Å²) < 4.78 is 46.2. The van der Waals surface area contributed by atoms with Crippen molar-refractivity contribution in [2.75, 3.05) is 18.0 Å². The molecule has 4 heterocycles. The Kier molecular flexibility index (Phi) is 5.43. The second kappa shape index (κ2) is 8.36. The Hall–Kier alpha value is -2.42. The third kappa shape index (κ3) is 4.01. The van der Waals surface area contributed by atoms with Crippen LogP contribution in [0.5, 0.6) is 0 Å². The quantitative estimate of drug-likeness (QED) is 0.474. The summed E-state index contributed by atoms with van der Waals surface area (Å²) >= 11 is 1.59. The number of alkyl halides is 3. The van der Waals surface area contributed by atoms with Gasteiger partial charge in [0.1, 0.15) is 10.8 Å². The molecule has 4 atom stereocenters. The fourth-order valence-electron chi connectivity index (χ4n) is 6.29. The van der Waals surface area contributed by atoms with E-state index >= 15 is 0 Å². The summed E-state index contributed by atoms with van der Waals surface area (Å²) in [5.41, 5.74) is 1.17. The number of fused-ring (bicyclic) bond motifs is 3. The summed E-state index contributed by atoms with van der Waals surface area (Å²) in [5, 5.41) is 6.10. The molecule has 2 bridgehead atoms. The molecule has 34 heavy (non-hydrogen) atoms. The molecule has 1 aliphatic carbocycles. The minimum absolute atomic E-state index is 0.134. The van der Waals surface area contributed by atoms with Crippen molar-refractivity contribution in [3.63, 3.8) is 0 Å². The lowest BCUT2D eigenvalue weighted by Gasteiger charge is -2.38. The van der Waals surface area contributed by atoms with Gasteiger partial charge in [0, 0.05) is 32.0 Å². The van der Waals surface area contributed by atoms with Crippen molar-refractivity contribution in [2.45, 2.75) is 57.7 Å². The van der Waals surface area contributed by atoms with Crippen LogP contribution in [0.2, 0.25) is 0 Å². The van der Waals surface area contributed by atoms with Crippen molar-refractivity contribution >= 4 is 16.5 Å². The van der Waals surface area contributed by atoms with Crippen LogP contribution in [0.15, 0.2) is 30.3 Å². The lowest BCUT2D eigenvalue weighted by atomic mass is 9.82. The average molecular weight is 488 g/mol. The van der Waals surface area contributed by atoms with Crippen LogP contribution >= 0.6 is 11.5 Å². The van der Waals surface area contributed by atoms with Crippen molar-refractivity contribution < 1.29 is 13.2 Å². The number of hydrogen-bond acceptors (Lipinski definition) is 5. The van der Waals surface area contributed by atoms with E-state index in [4.69, 9.17) is 10.1 Å². The SMILES string of the molecule is Cc1cc(N2C[C@H]3CC[C@@H](C2)C3Cc2nc3n(n2)CCCC3c2cccc(C(F)(F)F)c2)sn1. The van der Waals surface area contributed by atoms with Gasteiger partial charge in [-0.25, -0.2) is 9.67 Å². The van der Waals surface area contributed by atoms with E-state index in [0.717, 1.165) is 62.3 Å². The lowest BCUT2D eigenvalue weighted by Crippen LogP contribution is -2.42. The highest BCUT2D eigenvalue weighted by Crippen LogP contribution is 2.45. The number of hydrogen-bond donors (Lipinski definition) is 0. The van der Waals surface area contributed by atoms with Crippen LogP contribution in [0.1, 0.15) is 60.1 Å². The molecule has 3 aromatic rings. The first-order valence-electron chi connectivity index (χ1n) is 12.1. The number of aromatic nitrogens is 4. The zero-order valence-electron chi connectivity index (χ0n) is 19.1. The molecule has 9 heteroatoms. The van der Waals surface area contributed by atoms with E-state index in [1.165, 1.54) is 30.0 Å². The number of piperidine rings is 1. The smallest absolute Gasteiger partial charge is 0.362 e. The van der Waals surface area contributed by atoms with Gasteiger partial charge in [-0.2, -0.15) is 22.6 Å². The molecule has 3 aliphatic rings. The topological polar surface area (TPSA) is 46.8 Å². The molecule has 6 rings (SSSR count). The fourth-order valence-corrected chi connectivity index (χ4v) is 7.07. The number of nitrogens with zero attached hydrogens (tertiary/aromatic N) is 5. The van der Waals surface area contributed by atoms with Gasteiger partial charge in [0.2, 0.25) is 0 Å². The Morgan fingerprint density at radius 2 is 1.88 bits per heavy atom. The van der Waals surface area contributed by atoms with Crippen LogP contribution in [-0.4, -0.2) is 32.2 Å². The number of benzene rings is 1. The van der Waals surface area contributed by atoms with Gasteiger partial charge in [-0.1, -0.05) is 18.2 Å². The highest BCUT2D eigenvalue weighted by molar-refractivity contribution is 7.10. The van der Waals surface area contributed by atoms with Crippen molar-refractivity contribution in [1.82, 2.24) is 19.1 Å². The molecule has 2 aromatic heterocycles. The Balaban J connectivity index is 1.21. The molecule has 0 N–H and O–H groups in total. The Morgan fingerprint density at radius 3 is 2.59 bits per heavy atom. The van der Waals surface area contributed by atoms with E-state index < -0.39 is 11.7 Å². The summed E-state index contributed by atoms with van der Waals surface area (Å²) in [7, 11) is 0. The highest BCUT2D eigenvalue weighted by Gasteiger charge is 2.43. The molecule has 2 aliphatic heterocycles. The van der Waals surface area contributed by atoms with Crippen LogP contribution < -0.4 is 4.90 Å². The fraction of sp³-hybridized carbons (Fsp3) is 0.560. The molecule has 1 saturated carbocycles. The standard InChI is InChI=1S/C25H28F3N5S/c1-15-10-23(34-31-15)32-13-17-7-8-18(14-32)21(17)12-22-29-24-20(6-3-9-33(24)30-22)16-4-2-5-19(11-16)25(26,27)28/h2,4-5,10-11,17-18,20-21H,3,6-9,12-14H2,1H3/t17-,18+,20?,21?. The van der Waals surface area contributed by atoms with Gasteiger partial charge in [-0.05, 0) is 79.6 Å².